The highest BCUT2D eigenvalue weighted by Crippen LogP contribution is 2.49. The molecule has 2 saturated heterocycles. The zero-order chi connectivity index (χ0) is 20.2. The van der Waals surface area contributed by atoms with Gasteiger partial charge in [-0.05, 0) is 56.3 Å². The van der Waals surface area contributed by atoms with Gasteiger partial charge in [-0.1, -0.05) is 27.5 Å². The number of aromatic hydroxyl groups is 1. The van der Waals surface area contributed by atoms with Gasteiger partial charge in [0.2, 0.25) is 5.91 Å². The van der Waals surface area contributed by atoms with E-state index in [-0.39, 0.29) is 23.6 Å². The van der Waals surface area contributed by atoms with Crippen LogP contribution in [0.2, 0.25) is 5.02 Å². The summed E-state index contributed by atoms with van der Waals surface area (Å²) < 4.78 is 0.747. The van der Waals surface area contributed by atoms with Crippen molar-refractivity contribution in [3.8, 4) is 5.75 Å². The molecule has 0 radical (unpaired) electrons. The number of anilines is 1. The van der Waals surface area contributed by atoms with Crippen molar-refractivity contribution in [1.82, 2.24) is 4.90 Å². The molecule has 2 amide bonds. The molecule has 146 valence electrons. The smallest absolute Gasteiger partial charge is 0.262 e. The largest absolute Gasteiger partial charge is 0.508 e. The van der Waals surface area contributed by atoms with Gasteiger partial charge in [-0.25, -0.2) is 5.06 Å². The maximum absolute atomic E-state index is 13.1. The molecule has 0 aliphatic carbocycles. The molecule has 2 aliphatic heterocycles. The second-order valence-corrected chi connectivity index (χ2v) is 8.49. The highest BCUT2D eigenvalue weighted by Gasteiger charge is 2.60. The van der Waals surface area contributed by atoms with Crippen LogP contribution >= 0.6 is 27.5 Å². The number of fused-ring (bicyclic) bond motifs is 1. The molecule has 2 heterocycles. The number of phenols is 1. The third-order valence-corrected chi connectivity index (χ3v) is 5.80. The van der Waals surface area contributed by atoms with E-state index in [1.807, 2.05) is 0 Å². The van der Waals surface area contributed by atoms with Gasteiger partial charge in [0.15, 0.2) is 6.10 Å². The third kappa shape index (κ3) is 2.98. The first kappa shape index (κ1) is 19.2. The van der Waals surface area contributed by atoms with Crippen molar-refractivity contribution in [2.75, 3.05) is 5.06 Å². The molecule has 3 atom stereocenters. The molecule has 1 N–H and O–H groups in total. The molecule has 28 heavy (non-hydrogen) atoms. The first-order valence-corrected chi connectivity index (χ1v) is 10.0. The normalized spacial score (nSPS) is 24.4. The van der Waals surface area contributed by atoms with E-state index >= 15 is 0 Å². The number of nitrogens with zero attached hydrogens (tertiary/aromatic N) is 2. The van der Waals surface area contributed by atoms with Crippen molar-refractivity contribution in [1.29, 1.82) is 0 Å². The monoisotopic (exact) mass is 464 g/mol. The Kier molecular flexibility index (Phi) is 4.85. The Balaban J connectivity index is 1.85. The molecule has 2 aromatic rings. The summed E-state index contributed by atoms with van der Waals surface area (Å²) >= 11 is 9.41. The minimum absolute atomic E-state index is 0.0275. The van der Waals surface area contributed by atoms with Gasteiger partial charge in [-0.2, -0.15) is 0 Å². The number of benzene rings is 2. The summed E-state index contributed by atoms with van der Waals surface area (Å²) in [4.78, 5) is 33.2. The lowest BCUT2D eigenvalue weighted by atomic mass is 9.90. The molecule has 0 aromatic heterocycles. The Hall–Kier alpha value is -2.09. The molecule has 0 saturated carbocycles. The molecule has 2 aliphatic rings. The number of carbonyl (C=O) groups excluding carboxylic acids is 2. The Labute approximate surface area is 175 Å². The van der Waals surface area contributed by atoms with Gasteiger partial charge in [-0.3, -0.25) is 19.3 Å². The Morgan fingerprint density at radius 2 is 1.79 bits per heavy atom. The minimum atomic E-state index is -0.936. The van der Waals surface area contributed by atoms with Crippen LogP contribution in [0.25, 0.3) is 0 Å². The van der Waals surface area contributed by atoms with Crippen molar-refractivity contribution in [3.05, 3.63) is 57.5 Å². The molecule has 6 nitrogen and oxygen atoms in total. The average molecular weight is 466 g/mol. The van der Waals surface area contributed by atoms with Crippen LogP contribution in [0.15, 0.2) is 46.9 Å². The molecule has 2 aromatic carbocycles. The van der Waals surface area contributed by atoms with E-state index in [4.69, 9.17) is 16.4 Å². The lowest BCUT2D eigenvalue weighted by Crippen LogP contribution is -2.41. The van der Waals surface area contributed by atoms with Crippen molar-refractivity contribution < 1.29 is 19.5 Å². The molecule has 2 fully saturated rings. The van der Waals surface area contributed by atoms with E-state index in [0.29, 0.717) is 16.3 Å². The molecular weight excluding hydrogens is 448 g/mol. The first-order chi connectivity index (χ1) is 13.3. The van der Waals surface area contributed by atoms with Crippen LogP contribution in [0.4, 0.5) is 5.69 Å². The highest BCUT2D eigenvalue weighted by molar-refractivity contribution is 9.10. The van der Waals surface area contributed by atoms with Crippen molar-refractivity contribution in [2.45, 2.75) is 32.0 Å². The predicted octanol–water partition coefficient (Wildman–Crippen LogP) is 4.06. The Bertz CT molecular complexity index is 950. The van der Waals surface area contributed by atoms with Crippen LogP contribution in [-0.4, -0.2) is 34.0 Å². The number of phenolic OH excluding ortho intramolecular Hbond substituents is 1. The lowest BCUT2D eigenvalue weighted by Gasteiger charge is -2.30. The zero-order valence-corrected chi connectivity index (χ0v) is 17.5. The number of hydroxylamine groups is 1. The van der Waals surface area contributed by atoms with E-state index in [1.54, 1.807) is 56.3 Å². The summed E-state index contributed by atoms with van der Waals surface area (Å²) in [5, 5.41) is 12.6. The van der Waals surface area contributed by atoms with E-state index in [9.17, 15) is 14.7 Å². The van der Waals surface area contributed by atoms with Gasteiger partial charge in [0, 0.05) is 21.1 Å². The molecule has 4 rings (SSSR count). The van der Waals surface area contributed by atoms with Crippen LogP contribution in [0.1, 0.15) is 25.5 Å². The van der Waals surface area contributed by atoms with Gasteiger partial charge >= 0.3 is 0 Å². The van der Waals surface area contributed by atoms with Crippen LogP contribution in [0.5, 0.6) is 5.75 Å². The number of hydrogen-bond donors (Lipinski definition) is 1. The van der Waals surface area contributed by atoms with Crippen molar-refractivity contribution in [3.63, 3.8) is 0 Å². The Morgan fingerprint density at radius 1 is 1.11 bits per heavy atom. The second-order valence-electron chi connectivity index (χ2n) is 7.14. The highest BCUT2D eigenvalue weighted by atomic mass is 79.9. The fourth-order valence-corrected chi connectivity index (χ4v) is 4.34. The number of amides is 2. The van der Waals surface area contributed by atoms with Crippen LogP contribution in [0.3, 0.4) is 0 Å². The SMILES string of the molecule is CC(C)N1C(=O)[C@H]2[C@@H](ON(c3ccc(Cl)cc3)[C@H]2c2cc(Br)ccc2O)C1=O. The zero-order valence-electron chi connectivity index (χ0n) is 15.2. The summed E-state index contributed by atoms with van der Waals surface area (Å²) in [5.41, 5.74) is 1.14. The number of imide groups is 1. The fourth-order valence-electron chi connectivity index (χ4n) is 3.83. The predicted molar refractivity (Wildman–Crippen MR) is 108 cm³/mol. The maximum atomic E-state index is 13.1. The minimum Gasteiger partial charge on any atom is -0.508 e. The quantitative estimate of drug-likeness (QED) is 0.692. The number of carbonyl (C=O) groups is 2. The third-order valence-electron chi connectivity index (χ3n) is 5.06. The number of hydrogen-bond acceptors (Lipinski definition) is 5. The lowest BCUT2D eigenvalue weighted by molar-refractivity contribution is -0.145. The maximum Gasteiger partial charge on any atom is 0.262 e. The molecule has 0 unspecified atom stereocenters. The van der Waals surface area contributed by atoms with E-state index in [1.165, 1.54) is 9.96 Å². The summed E-state index contributed by atoms with van der Waals surface area (Å²) in [7, 11) is 0. The number of likely N-dealkylation sites (tertiary alicyclic amines) is 1. The van der Waals surface area contributed by atoms with Crippen LogP contribution in [-0.2, 0) is 14.4 Å². The van der Waals surface area contributed by atoms with Gasteiger partial charge < -0.3 is 5.11 Å². The summed E-state index contributed by atoms with van der Waals surface area (Å²) in [6.45, 7) is 3.58. The molecule has 0 bridgehead atoms. The van der Waals surface area contributed by atoms with Gasteiger partial charge in [0.25, 0.3) is 5.91 Å². The van der Waals surface area contributed by atoms with Crippen molar-refractivity contribution in [2.24, 2.45) is 5.92 Å². The van der Waals surface area contributed by atoms with E-state index in [0.717, 1.165) is 4.47 Å². The average Bonchev–Trinajstić information content (AvgIpc) is 3.14. The van der Waals surface area contributed by atoms with Crippen molar-refractivity contribution >= 4 is 45.0 Å². The fraction of sp³-hybridized carbons (Fsp3) is 0.300. The van der Waals surface area contributed by atoms with E-state index < -0.39 is 18.1 Å². The van der Waals surface area contributed by atoms with E-state index in [2.05, 4.69) is 15.9 Å². The standard InChI is InChI=1S/C20H18BrClN2O4/c1-10(2)23-19(26)16-17(14-9-11(21)3-8-15(14)25)24(28-18(16)20(23)27)13-6-4-12(22)5-7-13/h3-10,16-18,25H,1-2H3/t16-,17+,18-/m1/s1. The molecule has 8 heteroatoms. The van der Waals surface area contributed by atoms with Gasteiger partial charge in [0.1, 0.15) is 11.7 Å². The van der Waals surface area contributed by atoms with Crippen LogP contribution in [0, 0.1) is 5.92 Å². The second kappa shape index (κ2) is 7.06. The number of rotatable bonds is 3. The molecular formula is C20H18BrClN2O4. The summed E-state index contributed by atoms with van der Waals surface area (Å²) in [5.74, 6) is -1.39. The first-order valence-electron chi connectivity index (χ1n) is 8.86. The van der Waals surface area contributed by atoms with Gasteiger partial charge in [0.05, 0.1) is 11.7 Å². The topological polar surface area (TPSA) is 70.1 Å². The van der Waals surface area contributed by atoms with Crippen LogP contribution < -0.4 is 5.06 Å². The summed E-state index contributed by atoms with van der Waals surface area (Å²) in [6, 6.07) is 11.0. The number of halogens is 2. The van der Waals surface area contributed by atoms with Gasteiger partial charge in [-0.15, -0.1) is 0 Å². The molecule has 0 spiro atoms. The Morgan fingerprint density at radius 3 is 2.43 bits per heavy atom. The summed E-state index contributed by atoms with van der Waals surface area (Å²) in [6.07, 6.45) is -0.936.